The molecule has 0 atom stereocenters. The number of ether oxygens (including phenoxy) is 1. The van der Waals surface area contributed by atoms with Crippen molar-refractivity contribution in [1.29, 1.82) is 0 Å². The van der Waals surface area contributed by atoms with Gasteiger partial charge in [0.2, 0.25) is 11.8 Å². The molecule has 2 aliphatic heterocycles. The van der Waals surface area contributed by atoms with E-state index in [-0.39, 0.29) is 24.3 Å². The summed E-state index contributed by atoms with van der Waals surface area (Å²) in [5.74, 6) is 0.640. The molecule has 2 aromatic rings. The second kappa shape index (κ2) is 12.5. The van der Waals surface area contributed by atoms with E-state index in [0.29, 0.717) is 51.0 Å². The Morgan fingerprint density at radius 2 is 1.72 bits per heavy atom. The summed E-state index contributed by atoms with van der Waals surface area (Å²) in [6.07, 6.45) is 0. The molecule has 2 saturated heterocycles. The first-order valence-corrected chi connectivity index (χ1v) is 13.0. The number of amides is 2. The van der Waals surface area contributed by atoms with Gasteiger partial charge in [-0.1, -0.05) is 43.6 Å². The van der Waals surface area contributed by atoms with Crippen molar-refractivity contribution in [2.24, 2.45) is 5.92 Å². The van der Waals surface area contributed by atoms with Crippen molar-refractivity contribution in [3.05, 3.63) is 41.4 Å². The Labute approximate surface area is 218 Å². The first-order chi connectivity index (χ1) is 17.4. The molecule has 2 aliphatic rings. The van der Waals surface area contributed by atoms with Gasteiger partial charge in [-0.15, -0.1) is 10.2 Å². The van der Waals surface area contributed by atoms with Crippen molar-refractivity contribution < 1.29 is 14.3 Å². The Balaban J connectivity index is 1.30. The average molecular weight is 515 g/mol. The van der Waals surface area contributed by atoms with Crippen LogP contribution in [0.4, 0.5) is 5.82 Å². The lowest BCUT2D eigenvalue weighted by molar-refractivity contribution is -0.142. The van der Waals surface area contributed by atoms with Gasteiger partial charge >= 0.3 is 0 Å². The second-order valence-electron chi connectivity index (χ2n) is 9.49. The Bertz CT molecular complexity index is 1020. The van der Waals surface area contributed by atoms with E-state index in [1.165, 1.54) is 0 Å². The molecule has 0 radical (unpaired) electrons. The molecule has 0 unspecified atom stereocenters. The van der Waals surface area contributed by atoms with E-state index in [9.17, 15) is 9.59 Å². The van der Waals surface area contributed by atoms with Crippen molar-refractivity contribution >= 4 is 29.2 Å². The Morgan fingerprint density at radius 3 is 2.36 bits per heavy atom. The molecular weight excluding hydrogens is 480 g/mol. The van der Waals surface area contributed by atoms with Gasteiger partial charge in [-0.25, -0.2) is 0 Å². The van der Waals surface area contributed by atoms with Gasteiger partial charge in [0.1, 0.15) is 0 Å². The van der Waals surface area contributed by atoms with Crippen LogP contribution in [0.3, 0.4) is 0 Å². The number of hydrogen-bond donors (Lipinski definition) is 0. The summed E-state index contributed by atoms with van der Waals surface area (Å²) in [5, 5.41) is 9.40. The highest BCUT2D eigenvalue weighted by Gasteiger charge is 2.27. The summed E-state index contributed by atoms with van der Waals surface area (Å²) in [6.45, 7) is 10.8. The average Bonchev–Trinajstić information content (AvgIpc) is 2.91. The van der Waals surface area contributed by atoms with Gasteiger partial charge in [-0.05, 0) is 18.2 Å². The van der Waals surface area contributed by atoms with Crippen LogP contribution in [0.2, 0.25) is 5.02 Å². The van der Waals surface area contributed by atoms with Crippen LogP contribution in [-0.4, -0.2) is 109 Å². The number of carbonyl (C=O) groups excluding carboxylic acids is 2. The first kappa shape index (κ1) is 26.3. The van der Waals surface area contributed by atoms with Gasteiger partial charge in [-0.2, -0.15) is 0 Å². The third kappa shape index (κ3) is 6.72. The predicted molar refractivity (Wildman–Crippen MR) is 140 cm³/mol. The number of nitrogens with zero attached hydrogens (tertiary/aromatic N) is 6. The fourth-order valence-electron chi connectivity index (χ4n) is 4.47. The highest BCUT2D eigenvalue weighted by molar-refractivity contribution is 6.33. The smallest absolute Gasteiger partial charge is 0.242 e. The minimum absolute atomic E-state index is 0.00854. The molecule has 0 bridgehead atoms. The fourth-order valence-corrected chi connectivity index (χ4v) is 4.71. The number of carbonyl (C=O) groups is 2. The lowest BCUT2D eigenvalue weighted by Crippen LogP contribution is -2.53. The van der Waals surface area contributed by atoms with E-state index >= 15 is 0 Å². The lowest BCUT2D eigenvalue weighted by atomic mass is 10.1. The van der Waals surface area contributed by atoms with E-state index in [2.05, 4.69) is 20.0 Å². The van der Waals surface area contributed by atoms with Crippen LogP contribution in [0.1, 0.15) is 13.8 Å². The first-order valence-electron chi connectivity index (χ1n) is 12.6. The molecule has 0 spiro atoms. The summed E-state index contributed by atoms with van der Waals surface area (Å²) >= 11 is 6.28. The van der Waals surface area contributed by atoms with E-state index in [4.69, 9.17) is 16.3 Å². The molecule has 0 N–H and O–H groups in total. The van der Waals surface area contributed by atoms with Crippen LogP contribution >= 0.6 is 11.6 Å². The highest BCUT2D eigenvalue weighted by atomic mass is 35.5. The van der Waals surface area contributed by atoms with Crippen LogP contribution < -0.4 is 4.90 Å². The maximum Gasteiger partial charge on any atom is 0.242 e. The van der Waals surface area contributed by atoms with E-state index in [0.717, 1.165) is 36.7 Å². The van der Waals surface area contributed by atoms with Crippen LogP contribution in [0, 0.1) is 5.92 Å². The number of anilines is 1. The van der Waals surface area contributed by atoms with Crippen LogP contribution in [0.25, 0.3) is 11.3 Å². The van der Waals surface area contributed by atoms with Crippen LogP contribution in [0.15, 0.2) is 36.4 Å². The zero-order chi connectivity index (χ0) is 25.5. The summed E-state index contributed by atoms with van der Waals surface area (Å²) < 4.78 is 5.41. The molecule has 0 saturated carbocycles. The molecule has 3 heterocycles. The minimum Gasteiger partial charge on any atom is -0.379 e. The number of halogens is 1. The largest absolute Gasteiger partial charge is 0.379 e. The third-order valence-electron chi connectivity index (χ3n) is 6.68. The molecule has 36 heavy (non-hydrogen) atoms. The van der Waals surface area contributed by atoms with E-state index < -0.39 is 0 Å². The number of hydrogen-bond acceptors (Lipinski definition) is 7. The quantitative estimate of drug-likeness (QED) is 0.534. The summed E-state index contributed by atoms with van der Waals surface area (Å²) in [4.78, 5) is 33.9. The van der Waals surface area contributed by atoms with E-state index in [1.807, 2.05) is 55.1 Å². The maximum absolute atomic E-state index is 13.1. The van der Waals surface area contributed by atoms with Crippen molar-refractivity contribution in [2.75, 3.05) is 77.0 Å². The zero-order valence-electron chi connectivity index (χ0n) is 21.1. The fraction of sp³-hybridized carbons (Fsp3) is 0.538. The third-order valence-corrected chi connectivity index (χ3v) is 7.01. The van der Waals surface area contributed by atoms with Gasteiger partial charge < -0.3 is 19.4 Å². The Hall–Kier alpha value is -2.75. The number of aromatic nitrogens is 2. The van der Waals surface area contributed by atoms with E-state index in [1.54, 1.807) is 4.90 Å². The zero-order valence-corrected chi connectivity index (χ0v) is 21.9. The molecule has 2 fully saturated rings. The standard InChI is InChI=1S/C26H35ClN6O3/c1-20(2)26(35)33(10-9-30-15-17-36-18-16-30)19-25(34)32-13-11-31(12-14-32)24-8-7-23(28-29-24)21-5-3-4-6-22(21)27/h3-8,20H,9-19H2,1-2H3. The van der Waals surface area contributed by atoms with Gasteiger partial charge in [0, 0.05) is 63.8 Å². The maximum atomic E-state index is 13.1. The Kier molecular flexibility index (Phi) is 9.12. The number of piperazine rings is 1. The van der Waals surface area contributed by atoms with Gasteiger partial charge in [0.25, 0.3) is 0 Å². The topological polar surface area (TPSA) is 82.1 Å². The molecular formula is C26H35ClN6O3. The second-order valence-corrected chi connectivity index (χ2v) is 9.90. The van der Waals surface area contributed by atoms with Crippen LogP contribution in [0.5, 0.6) is 0 Å². The molecule has 1 aromatic heterocycles. The highest BCUT2D eigenvalue weighted by Crippen LogP contribution is 2.26. The molecule has 4 rings (SSSR count). The number of rotatable bonds is 8. The Morgan fingerprint density at radius 1 is 1.00 bits per heavy atom. The normalized spacial score (nSPS) is 16.9. The van der Waals surface area contributed by atoms with Crippen molar-refractivity contribution in [3.63, 3.8) is 0 Å². The van der Waals surface area contributed by atoms with Gasteiger partial charge in [0.15, 0.2) is 5.82 Å². The van der Waals surface area contributed by atoms with Crippen LogP contribution in [-0.2, 0) is 14.3 Å². The SMILES string of the molecule is CC(C)C(=O)N(CCN1CCOCC1)CC(=O)N1CCN(c2ccc(-c3ccccc3Cl)nn2)CC1. The number of benzene rings is 1. The summed E-state index contributed by atoms with van der Waals surface area (Å²) in [7, 11) is 0. The monoisotopic (exact) mass is 514 g/mol. The molecule has 0 aliphatic carbocycles. The van der Waals surface area contributed by atoms with Gasteiger partial charge in [0.05, 0.1) is 30.5 Å². The molecule has 9 nitrogen and oxygen atoms in total. The molecule has 2 amide bonds. The number of morpholine rings is 1. The minimum atomic E-state index is -0.147. The van der Waals surface area contributed by atoms with Crippen molar-refractivity contribution in [1.82, 2.24) is 24.9 Å². The lowest BCUT2D eigenvalue weighted by Gasteiger charge is -2.37. The summed E-state index contributed by atoms with van der Waals surface area (Å²) in [6, 6.07) is 11.4. The molecule has 194 valence electrons. The molecule has 1 aromatic carbocycles. The van der Waals surface area contributed by atoms with Gasteiger partial charge in [-0.3, -0.25) is 14.5 Å². The van der Waals surface area contributed by atoms with Crippen molar-refractivity contribution in [3.8, 4) is 11.3 Å². The predicted octanol–water partition coefficient (Wildman–Crippen LogP) is 2.26. The summed E-state index contributed by atoms with van der Waals surface area (Å²) in [5.41, 5.74) is 1.58. The van der Waals surface area contributed by atoms with Crippen molar-refractivity contribution in [2.45, 2.75) is 13.8 Å². The molecule has 10 heteroatoms.